The zero-order valence-corrected chi connectivity index (χ0v) is 12.2. The van der Waals surface area contributed by atoms with Gasteiger partial charge < -0.3 is 10.1 Å². The molecule has 20 heavy (non-hydrogen) atoms. The molecule has 3 nitrogen and oxygen atoms in total. The van der Waals surface area contributed by atoms with E-state index in [1.54, 1.807) is 13.2 Å². The molecule has 1 N–H and O–H groups in total. The largest absolute Gasteiger partial charge is 0.497 e. The van der Waals surface area contributed by atoms with Gasteiger partial charge in [0.2, 0.25) is 5.91 Å². The van der Waals surface area contributed by atoms with Crippen LogP contribution < -0.4 is 10.1 Å². The summed E-state index contributed by atoms with van der Waals surface area (Å²) in [5, 5.41) is 2.98. The monoisotopic (exact) mass is 273 g/mol. The molecule has 2 rings (SSSR count). The van der Waals surface area contributed by atoms with Crippen molar-refractivity contribution in [2.24, 2.45) is 0 Å². The third kappa shape index (κ3) is 2.87. The van der Waals surface area contributed by atoms with E-state index in [0.29, 0.717) is 6.54 Å². The van der Waals surface area contributed by atoms with Crippen LogP contribution in [-0.2, 0) is 10.2 Å². The molecule has 3 heteroatoms. The standard InChI is InChI=1S/C17H23NO2/c1-3-13-18-16(19)17(11-5-4-6-12-17)14-7-9-15(20-2)10-8-14/h3,7-10H,1,4-6,11-13H2,2H3,(H,18,19). The molecule has 0 saturated heterocycles. The van der Waals surface area contributed by atoms with Gasteiger partial charge >= 0.3 is 0 Å². The van der Waals surface area contributed by atoms with E-state index in [-0.39, 0.29) is 11.3 Å². The summed E-state index contributed by atoms with van der Waals surface area (Å²) in [4.78, 5) is 12.6. The van der Waals surface area contributed by atoms with E-state index in [9.17, 15) is 4.79 Å². The average Bonchev–Trinajstić information content (AvgIpc) is 2.53. The average molecular weight is 273 g/mol. The number of hydrogen-bond donors (Lipinski definition) is 1. The number of hydrogen-bond acceptors (Lipinski definition) is 2. The highest BCUT2D eigenvalue weighted by Crippen LogP contribution is 2.40. The van der Waals surface area contributed by atoms with Gasteiger partial charge in [0.25, 0.3) is 0 Å². The minimum absolute atomic E-state index is 0.127. The first-order valence-electron chi connectivity index (χ1n) is 7.27. The highest BCUT2D eigenvalue weighted by molar-refractivity contribution is 5.88. The van der Waals surface area contributed by atoms with Crippen molar-refractivity contribution < 1.29 is 9.53 Å². The Hall–Kier alpha value is -1.77. The molecule has 1 saturated carbocycles. The van der Waals surface area contributed by atoms with Crippen molar-refractivity contribution in [1.82, 2.24) is 5.32 Å². The van der Waals surface area contributed by atoms with Gasteiger partial charge in [-0.3, -0.25) is 4.79 Å². The molecule has 1 fully saturated rings. The van der Waals surface area contributed by atoms with Gasteiger partial charge in [0.1, 0.15) is 5.75 Å². The van der Waals surface area contributed by atoms with Crippen molar-refractivity contribution in [3.63, 3.8) is 0 Å². The maximum Gasteiger partial charge on any atom is 0.230 e. The van der Waals surface area contributed by atoms with Crippen LogP contribution >= 0.6 is 0 Å². The van der Waals surface area contributed by atoms with Gasteiger partial charge in [-0.2, -0.15) is 0 Å². The third-order valence-electron chi connectivity index (χ3n) is 4.19. The number of carbonyl (C=O) groups excluding carboxylic acids is 1. The van der Waals surface area contributed by atoms with Crippen LogP contribution in [0.1, 0.15) is 37.7 Å². The summed E-state index contributed by atoms with van der Waals surface area (Å²) in [7, 11) is 1.65. The Labute approximate surface area is 121 Å². The van der Waals surface area contributed by atoms with Crippen LogP contribution in [0.2, 0.25) is 0 Å². The molecule has 1 aromatic rings. The van der Waals surface area contributed by atoms with Crippen LogP contribution in [0.25, 0.3) is 0 Å². The molecule has 0 atom stereocenters. The Morgan fingerprint density at radius 3 is 2.50 bits per heavy atom. The second-order valence-electron chi connectivity index (χ2n) is 5.37. The Balaban J connectivity index is 2.29. The van der Waals surface area contributed by atoms with Crippen molar-refractivity contribution >= 4 is 5.91 Å². The van der Waals surface area contributed by atoms with Gasteiger partial charge in [0.15, 0.2) is 0 Å². The fraction of sp³-hybridized carbons (Fsp3) is 0.471. The van der Waals surface area contributed by atoms with Crippen molar-refractivity contribution in [2.45, 2.75) is 37.5 Å². The van der Waals surface area contributed by atoms with E-state index in [0.717, 1.165) is 37.0 Å². The van der Waals surface area contributed by atoms with Crippen LogP contribution in [-0.4, -0.2) is 19.6 Å². The second-order valence-corrected chi connectivity index (χ2v) is 5.37. The number of carbonyl (C=O) groups is 1. The third-order valence-corrected chi connectivity index (χ3v) is 4.19. The van der Waals surface area contributed by atoms with Crippen LogP contribution in [0.15, 0.2) is 36.9 Å². The van der Waals surface area contributed by atoms with Crippen molar-refractivity contribution in [1.29, 1.82) is 0 Å². The molecule has 0 bridgehead atoms. The maximum absolute atomic E-state index is 12.6. The van der Waals surface area contributed by atoms with Gasteiger partial charge in [0.05, 0.1) is 12.5 Å². The van der Waals surface area contributed by atoms with E-state index in [1.165, 1.54) is 6.42 Å². The number of ether oxygens (including phenoxy) is 1. The SMILES string of the molecule is C=CCNC(=O)C1(c2ccc(OC)cc2)CCCCC1. The number of nitrogens with one attached hydrogen (secondary N) is 1. The summed E-state index contributed by atoms with van der Waals surface area (Å²) in [6.07, 6.45) is 6.99. The van der Waals surface area contributed by atoms with Crippen LogP contribution in [0, 0.1) is 0 Å². The lowest BCUT2D eigenvalue weighted by molar-refractivity contribution is -0.127. The molecule has 0 unspecified atom stereocenters. The second kappa shape index (κ2) is 6.60. The zero-order chi connectivity index (χ0) is 14.4. The summed E-state index contributed by atoms with van der Waals surface area (Å²) in [5.41, 5.74) is 0.715. The normalized spacial score (nSPS) is 17.2. The number of methoxy groups -OCH3 is 1. The van der Waals surface area contributed by atoms with Crippen LogP contribution in [0.5, 0.6) is 5.75 Å². The lowest BCUT2D eigenvalue weighted by atomic mass is 9.68. The molecule has 0 radical (unpaired) electrons. The van der Waals surface area contributed by atoms with E-state index in [2.05, 4.69) is 11.9 Å². The van der Waals surface area contributed by atoms with Crippen molar-refractivity contribution in [3.05, 3.63) is 42.5 Å². The molecular weight excluding hydrogens is 250 g/mol. The van der Waals surface area contributed by atoms with Crippen molar-refractivity contribution in [2.75, 3.05) is 13.7 Å². The summed E-state index contributed by atoms with van der Waals surface area (Å²) < 4.78 is 5.20. The lowest BCUT2D eigenvalue weighted by Gasteiger charge is -2.36. The van der Waals surface area contributed by atoms with E-state index < -0.39 is 0 Å². The van der Waals surface area contributed by atoms with E-state index in [1.807, 2.05) is 24.3 Å². The molecule has 0 spiro atoms. The van der Waals surface area contributed by atoms with E-state index in [4.69, 9.17) is 4.74 Å². The zero-order valence-electron chi connectivity index (χ0n) is 12.2. The molecule has 0 aliphatic heterocycles. The molecule has 1 aliphatic rings. The smallest absolute Gasteiger partial charge is 0.230 e. The Kier molecular flexibility index (Phi) is 4.83. The Bertz CT molecular complexity index is 458. The minimum Gasteiger partial charge on any atom is -0.497 e. The van der Waals surface area contributed by atoms with Gasteiger partial charge in [-0.25, -0.2) is 0 Å². The van der Waals surface area contributed by atoms with Crippen molar-refractivity contribution in [3.8, 4) is 5.75 Å². The number of benzene rings is 1. The maximum atomic E-state index is 12.6. The summed E-state index contributed by atoms with van der Waals surface area (Å²) >= 11 is 0. The first-order valence-corrected chi connectivity index (χ1v) is 7.27. The molecule has 1 aromatic carbocycles. The predicted octanol–water partition coefficient (Wildman–Crippen LogP) is 3.20. The highest BCUT2D eigenvalue weighted by Gasteiger charge is 2.40. The molecule has 0 aromatic heterocycles. The van der Waals surface area contributed by atoms with E-state index >= 15 is 0 Å². The molecule has 1 amide bonds. The van der Waals surface area contributed by atoms with Gasteiger partial charge in [-0.15, -0.1) is 6.58 Å². The molecule has 108 valence electrons. The fourth-order valence-corrected chi connectivity index (χ4v) is 3.05. The summed E-state index contributed by atoms with van der Waals surface area (Å²) in [5.74, 6) is 0.952. The lowest BCUT2D eigenvalue weighted by Crippen LogP contribution is -2.45. The Morgan fingerprint density at radius 1 is 1.30 bits per heavy atom. The minimum atomic E-state index is -0.381. The summed E-state index contributed by atoms with van der Waals surface area (Å²) in [6, 6.07) is 7.92. The quantitative estimate of drug-likeness (QED) is 0.837. The first-order chi connectivity index (χ1) is 9.73. The topological polar surface area (TPSA) is 38.3 Å². The van der Waals surface area contributed by atoms with Crippen LogP contribution in [0.4, 0.5) is 0 Å². The number of rotatable bonds is 5. The molecule has 1 aliphatic carbocycles. The highest BCUT2D eigenvalue weighted by atomic mass is 16.5. The van der Waals surface area contributed by atoms with Gasteiger partial charge in [-0.1, -0.05) is 37.5 Å². The van der Waals surface area contributed by atoms with Gasteiger partial charge in [-0.05, 0) is 30.5 Å². The molecular formula is C17H23NO2. The first kappa shape index (κ1) is 14.6. The molecule has 0 heterocycles. The van der Waals surface area contributed by atoms with Gasteiger partial charge in [0, 0.05) is 6.54 Å². The predicted molar refractivity (Wildman–Crippen MR) is 81.0 cm³/mol. The van der Waals surface area contributed by atoms with Crippen LogP contribution in [0.3, 0.4) is 0 Å². The Morgan fingerprint density at radius 2 is 1.95 bits per heavy atom. The number of amides is 1. The fourth-order valence-electron chi connectivity index (χ4n) is 3.05. The summed E-state index contributed by atoms with van der Waals surface area (Å²) in [6.45, 7) is 4.19.